The van der Waals surface area contributed by atoms with Crippen molar-refractivity contribution in [2.75, 3.05) is 20.2 Å². The molecule has 0 radical (unpaired) electrons. The largest absolute Gasteiger partial charge is 0.370 e. The minimum absolute atomic E-state index is 0.316. The first-order chi connectivity index (χ1) is 11.6. The van der Waals surface area contributed by atoms with Gasteiger partial charge in [-0.15, -0.1) is 0 Å². The number of halogens is 1. The number of allylic oxidation sites excluding steroid dienone is 3. The molecule has 2 unspecified atom stereocenters. The molecule has 1 heterocycles. The molecule has 24 heavy (non-hydrogen) atoms. The van der Waals surface area contributed by atoms with E-state index in [4.69, 9.17) is 16.3 Å². The van der Waals surface area contributed by atoms with E-state index < -0.39 is 0 Å². The topological polar surface area (TPSA) is 12.5 Å². The molecule has 0 N–H and O–H groups in total. The zero-order valence-electron chi connectivity index (χ0n) is 14.7. The van der Waals surface area contributed by atoms with Gasteiger partial charge in [-0.1, -0.05) is 48.0 Å². The molecule has 1 aliphatic heterocycles. The van der Waals surface area contributed by atoms with Gasteiger partial charge in [-0.05, 0) is 63.9 Å². The molecule has 1 fully saturated rings. The molecule has 0 spiro atoms. The second kappa shape index (κ2) is 7.86. The van der Waals surface area contributed by atoms with E-state index in [0.29, 0.717) is 12.0 Å². The maximum absolute atomic E-state index is 6.55. The van der Waals surface area contributed by atoms with Crippen molar-refractivity contribution in [3.8, 4) is 0 Å². The Morgan fingerprint density at radius 3 is 2.67 bits per heavy atom. The van der Waals surface area contributed by atoms with Gasteiger partial charge in [0.2, 0.25) is 0 Å². The van der Waals surface area contributed by atoms with Gasteiger partial charge >= 0.3 is 0 Å². The fourth-order valence-electron chi connectivity index (χ4n) is 3.93. The molecule has 3 rings (SSSR count). The molecule has 0 bridgehead atoms. The smallest absolute Gasteiger partial charge is 0.0968 e. The third kappa shape index (κ3) is 3.93. The molecule has 1 aromatic carbocycles. The Morgan fingerprint density at radius 1 is 1.25 bits per heavy atom. The van der Waals surface area contributed by atoms with Crippen LogP contribution in [0.1, 0.15) is 38.2 Å². The third-order valence-corrected chi connectivity index (χ3v) is 5.88. The predicted octanol–water partition coefficient (Wildman–Crippen LogP) is 5.19. The van der Waals surface area contributed by atoms with Crippen molar-refractivity contribution in [2.24, 2.45) is 5.92 Å². The van der Waals surface area contributed by atoms with E-state index in [1.54, 1.807) is 0 Å². The second-order valence-corrected chi connectivity index (χ2v) is 7.62. The highest BCUT2D eigenvalue weighted by Crippen LogP contribution is 2.39. The quantitative estimate of drug-likeness (QED) is 0.703. The van der Waals surface area contributed by atoms with Crippen LogP contribution in [0, 0.1) is 5.92 Å². The molecule has 0 saturated carbocycles. The summed E-state index contributed by atoms with van der Waals surface area (Å²) in [5, 5.41) is 0.771. The lowest BCUT2D eigenvalue weighted by Gasteiger charge is -2.38. The number of rotatable bonds is 6. The van der Waals surface area contributed by atoms with Crippen LogP contribution < -0.4 is 0 Å². The molecule has 1 aromatic rings. The Morgan fingerprint density at radius 2 is 2.04 bits per heavy atom. The van der Waals surface area contributed by atoms with Crippen LogP contribution in [0.4, 0.5) is 0 Å². The van der Waals surface area contributed by atoms with Gasteiger partial charge in [0.15, 0.2) is 0 Å². The maximum Gasteiger partial charge on any atom is 0.0968 e. The van der Waals surface area contributed by atoms with Crippen LogP contribution in [0.5, 0.6) is 0 Å². The minimum Gasteiger partial charge on any atom is -0.370 e. The molecule has 130 valence electrons. The first-order valence-electron chi connectivity index (χ1n) is 9.03. The van der Waals surface area contributed by atoms with Crippen LogP contribution in [0.25, 0.3) is 0 Å². The van der Waals surface area contributed by atoms with Crippen LogP contribution in [-0.2, 0) is 10.3 Å². The van der Waals surface area contributed by atoms with Crippen molar-refractivity contribution in [1.82, 2.24) is 4.90 Å². The molecule has 3 atom stereocenters. The normalized spacial score (nSPS) is 26.6. The lowest BCUT2D eigenvalue weighted by Crippen LogP contribution is -2.36. The number of benzene rings is 1. The highest BCUT2D eigenvalue weighted by atomic mass is 35.5. The summed E-state index contributed by atoms with van der Waals surface area (Å²) >= 11 is 6.08. The van der Waals surface area contributed by atoms with Crippen LogP contribution in [-0.4, -0.2) is 31.1 Å². The molecule has 0 amide bonds. The lowest BCUT2D eigenvalue weighted by molar-refractivity contribution is -0.0712. The fourth-order valence-corrected chi connectivity index (χ4v) is 4.05. The van der Waals surface area contributed by atoms with Gasteiger partial charge < -0.3 is 9.64 Å². The molecule has 2 nitrogen and oxygen atoms in total. The molecule has 3 heteroatoms. The van der Waals surface area contributed by atoms with Crippen LogP contribution >= 0.6 is 11.6 Å². The number of hydrogen-bond acceptors (Lipinski definition) is 2. The highest BCUT2D eigenvalue weighted by Gasteiger charge is 2.36. The van der Waals surface area contributed by atoms with Gasteiger partial charge in [0.25, 0.3) is 0 Å². The Labute approximate surface area is 151 Å². The van der Waals surface area contributed by atoms with E-state index in [1.165, 1.54) is 24.9 Å². The molecule has 0 aromatic heterocycles. The summed E-state index contributed by atoms with van der Waals surface area (Å²) in [6.45, 7) is 4.24. The van der Waals surface area contributed by atoms with Gasteiger partial charge in [0, 0.05) is 23.6 Å². The Kier molecular flexibility index (Phi) is 5.80. The van der Waals surface area contributed by atoms with Crippen LogP contribution in [0.15, 0.2) is 48.6 Å². The maximum atomic E-state index is 6.55. The Balaban J connectivity index is 1.73. The summed E-state index contributed by atoms with van der Waals surface area (Å²) < 4.78 is 6.55. The first kappa shape index (κ1) is 17.7. The van der Waals surface area contributed by atoms with Gasteiger partial charge in [-0.3, -0.25) is 0 Å². The SMILES string of the molecule is CN1CCC[C@@H]1CCOC(C)(c1ccc(Cl)cc1)C1C=CC=CC1. The summed E-state index contributed by atoms with van der Waals surface area (Å²) in [5.41, 5.74) is 0.889. The highest BCUT2D eigenvalue weighted by molar-refractivity contribution is 6.30. The van der Waals surface area contributed by atoms with E-state index in [1.807, 2.05) is 12.1 Å². The molecule has 1 aliphatic carbocycles. The van der Waals surface area contributed by atoms with Crippen molar-refractivity contribution in [3.05, 3.63) is 59.2 Å². The van der Waals surface area contributed by atoms with Crippen LogP contribution in [0.3, 0.4) is 0 Å². The minimum atomic E-state index is -0.316. The Bertz CT molecular complexity index is 594. The number of likely N-dealkylation sites (tertiary alicyclic amines) is 1. The van der Waals surface area contributed by atoms with Gasteiger partial charge in [-0.2, -0.15) is 0 Å². The van der Waals surface area contributed by atoms with E-state index in [0.717, 1.165) is 24.5 Å². The summed E-state index contributed by atoms with van der Waals surface area (Å²) in [6.07, 6.45) is 13.5. The third-order valence-electron chi connectivity index (χ3n) is 5.63. The van der Waals surface area contributed by atoms with E-state index in [9.17, 15) is 0 Å². The number of ether oxygens (including phenoxy) is 1. The van der Waals surface area contributed by atoms with Gasteiger partial charge in [0.1, 0.15) is 0 Å². The summed E-state index contributed by atoms with van der Waals surface area (Å²) in [7, 11) is 2.23. The van der Waals surface area contributed by atoms with E-state index >= 15 is 0 Å². The standard InChI is InChI=1S/C21H28ClNO/c1-21(17-7-4-3-5-8-17,18-10-12-19(22)13-11-18)24-16-14-20-9-6-15-23(20)2/h3-5,7,10-13,17,20H,6,8-9,14-16H2,1-2H3/t17?,20-,21?/m1/s1. The first-order valence-corrected chi connectivity index (χ1v) is 9.41. The van der Waals surface area contributed by atoms with E-state index in [2.05, 4.69) is 55.3 Å². The average molecular weight is 346 g/mol. The molecular weight excluding hydrogens is 318 g/mol. The lowest BCUT2D eigenvalue weighted by atomic mass is 9.79. The second-order valence-electron chi connectivity index (χ2n) is 7.18. The van der Waals surface area contributed by atoms with Gasteiger partial charge in [0.05, 0.1) is 5.60 Å². The number of nitrogens with zero attached hydrogens (tertiary/aromatic N) is 1. The molecule has 2 aliphatic rings. The van der Waals surface area contributed by atoms with Crippen molar-refractivity contribution < 1.29 is 4.74 Å². The fraction of sp³-hybridized carbons (Fsp3) is 0.524. The summed E-state index contributed by atoms with van der Waals surface area (Å²) in [4.78, 5) is 2.46. The molecular formula is C21H28ClNO. The number of hydrogen-bond donors (Lipinski definition) is 0. The Hall–Kier alpha value is -1.09. The van der Waals surface area contributed by atoms with Crippen LogP contribution in [0.2, 0.25) is 5.02 Å². The van der Waals surface area contributed by atoms with Crippen molar-refractivity contribution in [2.45, 2.75) is 44.2 Å². The van der Waals surface area contributed by atoms with Crippen molar-refractivity contribution in [1.29, 1.82) is 0 Å². The predicted molar refractivity (Wildman–Crippen MR) is 101 cm³/mol. The zero-order chi connectivity index (χ0) is 17.0. The van der Waals surface area contributed by atoms with Crippen molar-refractivity contribution >= 4 is 11.6 Å². The summed E-state index contributed by atoms with van der Waals surface area (Å²) in [5.74, 6) is 0.352. The monoisotopic (exact) mass is 345 g/mol. The average Bonchev–Trinajstić information content (AvgIpc) is 3.01. The van der Waals surface area contributed by atoms with E-state index in [-0.39, 0.29) is 5.60 Å². The van der Waals surface area contributed by atoms with Gasteiger partial charge in [-0.25, -0.2) is 0 Å². The van der Waals surface area contributed by atoms with Crippen molar-refractivity contribution in [3.63, 3.8) is 0 Å². The zero-order valence-corrected chi connectivity index (χ0v) is 15.5. The molecule has 1 saturated heterocycles. The summed E-state index contributed by atoms with van der Waals surface area (Å²) in [6, 6.07) is 8.81.